The Kier molecular flexibility index (Phi) is 9.15. The molecule has 0 spiro atoms. The number of anilines is 1. The van der Waals surface area contributed by atoms with Crippen LogP contribution < -0.4 is 9.64 Å². The number of carbonyl (C=O) groups is 2. The second-order valence-corrected chi connectivity index (χ2v) is 10.3. The van der Waals surface area contributed by atoms with Crippen molar-refractivity contribution in [2.24, 2.45) is 5.92 Å². The molecule has 38 heavy (non-hydrogen) atoms. The van der Waals surface area contributed by atoms with E-state index in [-0.39, 0.29) is 11.8 Å². The summed E-state index contributed by atoms with van der Waals surface area (Å²) in [5.41, 5.74) is 2.10. The van der Waals surface area contributed by atoms with Gasteiger partial charge in [-0.2, -0.15) is 0 Å². The highest BCUT2D eigenvalue weighted by molar-refractivity contribution is 5.91. The Balaban J connectivity index is 1.36. The van der Waals surface area contributed by atoms with Crippen LogP contribution in [-0.4, -0.2) is 66.0 Å². The minimum Gasteiger partial charge on any atom is -0.495 e. The number of nitrogens with zero attached hydrogens (tertiary/aromatic N) is 4. The summed E-state index contributed by atoms with van der Waals surface area (Å²) in [5.74, 6) is 2.35. The summed E-state index contributed by atoms with van der Waals surface area (Å²) in [7, 11) is 1.68. The topological polar surface area (TPSA) is 71.2 Å². The van der Waals surface area contributed by atoms with Gasteiger partial charge in [0.25, 0.3) is 5.91 Å². The van der Waals surface area contributed by atoms with Crippen molar-refractivity contribution in [1.29, 1.82) is 0 Å². The van der Waals surface area contributed by atoms with Crippen molar-refractivity contribution in [3.05, 3.63) is 71.9 Å². The summed E-state index contributed by atoms with van der Waals surface area (Å²) >= 11 is 0. The fraction of sp³-hybridized carbons (Fsp3) is 0.467. The number of piperazine rings is 1. The lowest BCUT2D eigenvalue weighted by molar-refractivity contribution is -0.132. The lowest BCUT2D eigenvalue weighted by Crippen LogP contribution is -2.48. The molecule has 8 heteroatoms. The first-order chi connectivity index (χ1) is 18.4. The second kappa shape index (κ2) is 12.7. The lowest BCUT2D eigenvalue weighted by atomic mass is 10.1. The molecule has 0 N–H and O–H groups in total. The Labute approximate surface area is 225 Å². The third-order valence-electron chi connectivity index (χ3n) is 6.90. The van der Waals surface area contributed by atoms with Crippen LogP contribution in [0.3, 0.4) is 0 Å². The van der Waals surface area contributed by atoms with Crippen LogP contribution in [0.2, 0.25) is 0 Å². The van der Waals surface area contributed by atoms with Crippen molar-refractivity contribution in [1.82, 2.24) is 14.4 Å². The summed E-state index contributed by atoms with van der Waals surface area (Å²) in [4.78, 5) is 31.9. The molecule has 0 atom stereocenters. The van der Waals surface area contributed by atoms with Crippen LogP contribution in [0.5, 0.6) is 5.75 Å². The molecule has 1 saturated heterocycles. The predicted molar refractivity (Wildman–Crippen MR) is 149 cm³/mol. The number of carbonyl (C=O) groups excluding carboxylic acids is 2. The number of hydrogen-bond acceptors (Lipinski definition) is 5. The molecule has 2 aromatic heterocycles. The fourth-order valence-corrected chi connectivity index (χ4v) is 4.93. The lowest BCUT2D eigenvalue weighted by Gasteiger charge is -2.36. The van der Waals surface area contributed by atoms with Crippen LogP contribution in [0.1, 0.15) is 55.6 Å². The van der Waals surface area contributed by atoms with E-state index in [4.69, 9.17) is 9.15 Å². The summed E-state index contributed by atoms with van der Waals surface area (Å²) in [6.45, 7) is 10.7. The number of rotatable bonds is 11. The number of hydrogen-bond donors (Lipinski definition) is 0. The van der Waals surface area contributed by atoms with E-state index in [9.17, 15) is 9.59 Å². The first-order valence-corrected chi connectivity index (χ1v) is 13.6. The van der Waals surface area contributed by atoms with Crippen molar-refractivity contribution < 1.29 is 18.7 Å². The van der Waals surface area contributed by atoms with E-state index in [0.717, 1.165) is 43.2 Å². The van der Waals surface area contributed by atoms with E-state index in [2.05, 4.69) is 30.2 Å². The summed E-state index contributed by atoms with van der Waals surface area (Å²) < 4.78 is 13.6. The van der Waals surface area contributed by atoms with Crippen molar-refractivity contribution >= 4 is 17.5 Å². The van der Waals surface area contributed by atoms with Crippen LogP contribution in [0, 0.1) is 5.92 Å². The number of para-hydroxylation sites is 2. The van der Waals surface area contributed by atoms with Crippen molar-refractivity contribution in [2.75, 3.05) is 44.7 Å². The van der Waals surface area contributed by atoms with Gasteiger partial charge in [0.1, 0.15) is 11.5 Å². The Hall–Kier alpha value is -3.68. The molecule has 1 fully saturated rings. The van der Waals surface area contributed by atoms with Gasteiger partial charge in [0.05, 0.1) is 25.9 Å². The van der Waals surface area contributed by atoms with E-state index in [1.54, 1.807) is 13.2 Å². The fourth-order valence-electron chi connectivity index (χ4n) is 4.93. The standard InChI is InChI=1S/C30H40N4O4/c1-5-14-34(29(35)20-23(2)3)21-24-9-8-15-33(24)22-25-12-13-28(38-25)30(36)32-18-16-31(17-19-32)26-10-6-7-11-27(26)37-4/h6-13,15,23H,5,14,16-22H2,1-4H3. The van der Waals surface area contributed by atoms with Crippen LogP contribution in [-0.2, 0) is 17.9 Å². The quantitative estimate of drug-likeness (QED) is 0.360. The molecule has 4 rings (SSSR count). The molecule has 204 valence electrons. The molecular formula is C30H40N4O4. The van der Waals surface area contributed by atoms with Crippen molar-refractivity contribution in [3.8, 4) is 5.75 Å². The Morgan fingerprint density at radius 2 is 1.79 bits per heavy atom. The molecule has 3 aromatic rings. The van der Waals surface area contributed by atoms with Gasteiger partial charge in [0, 0.05) is 51.0 Å². The third kappa shape index (κ3) is 6.60. The zero-order valence-corrected chi connectivity index (χ0v) is 23.1. The maximum atomic E-state index is 13.2. The highest BCUT2D eigenvalue weighted by Gasteiger charge is 2.26. The molecule has 0 bridgehead atoms. The highest BCUT2D eigenvalue weighted by atomic mass is 16.5. The average molecular weight is 521 g/mol. The zero-order chi connectivity index (χ0) is 27.1. The maximum Gasteiger partial charge on any atom is 0.289 e. The van der Waals surface area contributed by atoms with Crippen LogP contribution in [0.15, 0.2) is 59.1 Å². The number of amides is 2. The minimum atomic E-state index is -0.0861. The third-order valence-corrected chi connectivity index (χ3v) is 6.90. The molecule has 2 amide bonds. The maximum absolute atomic E-state index is 13.2. The normalized spacial score (nSPS) is 13.7. The SMILES string of the molecule is CCCN(Cc1cccn1Cc1ccc(C(=O)N2CCN(c3ccccc3OC)CC2)o1)C(=O)CC(C)C. The van der Waals surface area contributed by atoms with E-state index >= 15 is 0 Å². The molecule has 3 heterocycles. The largest absolute Gasteiger partial charge is 0.495 e. The highest BCUT2D eigenvalue weighted by Crippen LogP contribution is 2.28. The van der Waals surface area contributed by atoms with E-state index < -0.39 is 0 Å². The average Bonchev–Trinajstić information content (AvgIpc) is 3.57. The van der Waals surface area contributed by atoms with Crippen molar-refractivity contribution in [3.63, 3.8) is 0 Å². The number of furan rings is 1. The molecule has 0 unspecified atom stereocenters. The summed E-state index contributed by atoms with van der Waals surface area (Å²) in [6, 6.07) is 15.6. The molecule has 1 aliphatic heterocycles. The molecular weight excluding hydrogens is 480 g/mol. The second-order valence-electron chi connectivity index (χ2n) is 10.3. The first-order valence-electron chi connectivity index (χ1n) is 13.6. The van der Waals surface area contributed by atoms with E-state index in [1.165, 1.54) is 0 Å². The summed E-state index contributed by atoms with van der Waals surface area (Å²) in [5, 5.41) is 0. The van der Waals surface area contributed by atoms with Crippen molar-refractivity contribution in [2.45, 2.75) is 46.7 Å². The first kappa shape index (κ1) is 27.4. The zero-order valence-electron chi connectivity index (χ0n) is 23.1. The van der Waals surface area contributed by atoms with Crippen LogP contribution in [0.25, 0.3) is 0 Å². The Morgan fingerprint density at radius 1 is 1.03 bits per heavy atom. The number of ether oxygens (including phenoxy) is 1. The van der Waals surface area contributed by atoms with E-state index in [0.29, 0.717) is 50.0 Å². The number of aromatic nitrogens is 1. The van der Waals surface area contributed by atoms with Gasteiger partial charge in [-0.3, -0.25) is 9.59 Å². The van der Waals surface area contributed by atoms with Gasteiger partial charge in [-0.15, -0.1) is 0 Å². The molecule has 0 radical (unpaired) electrons. The van der Waals surface area contributed by atoms with E-state index in [1.807, 2.05) is 58.5 Å². The molecule has 8 nitrogen and oxygen atoms in total. The number of benzene rings is 1. The van der Waals surface area contributed by atoms with Gasteiger partial charge >= 0.3 is 0 Å². The molecule has 1 aromatic carbocycles. The smallest absolute Gasteiger partial charge is 0.289 e. The van der Waals surface area contributed by atoms with Crippen LogP contribution in [0.4, 0.5) is 5.69 Å². The Morgan fingerprint density at radius 3 is 2.50 bits per heavy atom. The van der Waals surface area contributed by atoms with Gasteiger partial charge in [-0.1, -0.05) is 32.9 Å². The number of methoxy groups -OCH3 is 1. The van der Waals surface area contributed by atoms with Gasteiger partial charge < -0.3 is 28.4 Å². The summed E-state index contributed by atoms with van der Waals surface area (Å²) in [6.07, 6.45) is 3.46. The molecule has 1 aliphatic rings. The van der Waals surface area contributed by atoms with Gasteiger partial charge in [0.15, 0.2) is 5.76 Å². The van der Waals surface area contributed by atoms with Gasteiger partial charge in [-0.25, -0.2) is 0 Å². The van der Waals surface area contributed by atoms with Gasteiger partial charge in [0.2, 0.25) is 5.91 Å². The van der Waals surface area contributed by atoms with Crippen LogP contribution >= 0.6 is 0 Å². The molecule has 0 saturated carbocycles. The monoisotopic (exact) mass is 520 g/mol. The van der Waals surface area contributed by atoms with Gasteiger partial charge in [-0.05, 0) is 48.7 Å². The molecule has 0 aliphatic carbocycles. The minimum absolute atomic E-state index is 0.0861. The predicted octanol–water partition coefficient (Wildman–Crippen LogP) is 4.89. The Bertz CT molecular complexity index is 1210.